The third-order valence-corrected chi connectivity index (χ3v) is 10.4. The van der Waals surface area contributed by atoms with Crippen LogP contribution in [0.5, 0.6) is 5.75 Å². The van der Waals surface area contributed by atoms with E-state index < -0.39 is 11.4 Å². The molecule has 52 heavy (non-hydrogen) atoms. The van der Waals surface area contributed by atoms with E-state index in [0.717, 1.165) is 32.6 Å². The van der Waals surface area contributed by atoms with Gasteiger partial charge in [0.15, 0.2) is 10.8 Å². The predicted molar refractivity (Wildman–Crippen MR) is 199 cm³/mol. The zero-order valence-corrected chi connectivity index (χ0v) is 29.6. The first-order chi connectivity index (χ1) is 25.2. The van der Waals surface area contributed by atoms with Gasteiger partial charge in [0, 0.05) is 46.5 Å². The molecule has 4 N–H and O–H groups in total. The topological polar surface area (TPSA) is 163 Å². The van der Waals surface area contributed by atoms with Crippen LogP contribution in [-0.4, -0.2) is 73.3 Å². The summed E-state index contributed by atoms with van der Waals surface area (Å²) in [4.78, 5) is 37.4. The van der Waals surface area contributed by atoms with Gasteiger partial charge >= 0.3 is 5.97 Å². The molecule has 0 unspecified atom stereocenters. The van der Waals surface area contributed by atoms with Crippen LogP contribution in [0.4, 0.5) is 10.9 Å². The monoisotopic (exact) mass is 718 g/mol. The van der Waals surface area contributed by atoms with Crippen LogP contribution in [0.2, 0.25) is 0 Å². The molecular weight excluding hydrogens is 681 g/mol. The first-order valence-corrected chi connectivity index (χ1v) is 17.7. The number of benzene rings is 3. The van der Waals surface area contributed by atoms with Gasteiger partial charge in [-0.3, -0.25) is 14.8 Å². The number of nitrogens with one attached hydrogen (secondary N) is 1. The predicted octanol–water partition coefficient (Wildman–Crippen LogP) is 5.79. The molecule has 1 amide bonds. The van der Waals surface area contributed by atoms with E-state index in [4.69, 9.17) is 4.74 Å². The summed E-state index contributed by atoms with van der Waals surface area (Å²) in [6.07, 6.45) is 2.31. The Kier molecular flexibility index (Phi) is 9.73. The lowest BCUT2D eigenvalue weighted by molar-refractivity contribution is 0.0284. The van der Waals surface area contributed by atoms with Crippen molar-refractivity contribution in [3.63, 3.8) is 0 Å². The number of carboxylic acids is 1. The van der Waals surface area contributed by atoms with Crippen molar-refractivity contribution in [1.29, 1.82) is 0 Å². The highest BCUT2D eigenvalue weighted by Crippen LogP contribution is 2.33. The SMILES string of the molecule is Cc1c(-c2ccc(N3CCc4cccc(C(=O)Nc5nc6ccccc6s5)c4C3)nc2C(=O)O)cnn1Cc1ccccc1OCC(C)(CO)CO. The number of carboxylic acid groups (broad SMARTS) is 1. The maximum atomic E-state index is 13.5. The highest BCUT2D eigenvalue weighted by Gasteiger charge is 2.27. The second-order valence-corrected chi connectivity index (χ2v) is 14.3. The molecule has 1 aliphatic heterocycles. The molecule has 3 aromatic heterocycles. The molecule has 4 heterocycles. The van der Waals surface area contributed by atoms with Crippen LogP contribution in [0, 0.1) is 12.3 Å². The maximum absolute atomic E-state index is 13.5. The highest BCUT2D eigenvalue weighted by molar-refractivity contribution is 7.22. The zero-order chi connectivity index (χ0) is 36.4. The van der Waals surface area contributed by atoms with Crippen molar-refractivity contribution >= 4 is 44.4 Å². The van der Waals surface area contributed by atoms with Crippen LogP contribution in [-0.2, 0) is 19.5 Å². The normalized spacial score (nSPS) is 12.9. The minimum absolute atomic E-state index is 0.0937. The first kappa shape index (κ1) is 34.8. The van der Waals surface area contributed by atoms with Crippen molar-refractivity contribution in [2.45, 2.75) is 33.4 Å². The van der Waals surface area contributed by atoms with Gasteiger partial charge in [-0.2, -0.15) is 5.10 Å². The molecule has 1 aliphatic rings. The van der Waals surface area contributed by atoms with Crippen molar-refractivity contribution in [3.05, 3.63) is 119 Å². The summed E-state index contributed by atoms with van der Waals surface area (Å²) in [5.41, 5.74) is 5.09. The maximum Gasteiger partial charge on any atom is 0.355 e. The molecule has 13 heteroatoms. The average Bonchev–Trinajstić information content (AvgIpc) is 3.75. The molecule has 0 saturated carbocycles. The van der Waals surface area contributed by atoms with E-state index in [1.165, 1.54) is 11.3 Å². The van der Waals surface area contributed by atoms with Gasteiger partial charge in [-0.1, -0.05) is 60.7 Å². The number of para-hydroxylation sites is 2. The number of hydrogen-bond acceptors (Lipinski definition) is 10. The van der Waals surface area contributed by atoms with Crippen molar-refractivity contribution in [2.24, 2.45) is 5.41 Å². The molecule has 7 rings (SSSR count). The highest BCUT2D eigenvalue weighted by atomic mass is 32.1. The fourth-order valence-corrected chi connectivity index (χ4v) is 7.15. The molecule has 266 valence electrons. The van der Waals surface area contributed by atoms with E-state index in [9.17, 15) is 24.9 Å². The van der Waals surface area contributed by atoms with Crippen LogP contribution in [0.1, 0.15) is 50.2 Å². The summed E-state index contributed by atoms with van der Waals surface area (Å²) in [5.74, 6) is -0.304. The molecule has 0 radical (unpaired) electrons. The molecule has 0 spiro atoms. The van der Waals surface area contributed by atoms with Crippen LogP contribution >= 0.6 is 11.3 Å². The fourth-order valence-electron chi connectivity index (χ4n) is 6.28. The Labute approximate surface area is 304 Å². The van der Waals surface area contributed by atoms with Gasteiger partial charge in [0.05, 0.1) is 42.8 Å². The lowest BCUT2D eigenvalue weighted by Crippen LogP contribution is -2.33. The second kappa shape index (κ2) is 14.5. The summed E-state index contributed by atoms with van der Waals surface area (Å²) in [6.45, 7) is 4.65. The Morgan fingerprint density at radius 3 is 2.54 bits per heavy atom. The zero-order valence-electron chi connectivity index (χ0n) is 28.7. The number of amides is 1. The van der Waals surface area contributed by atoms with Gasteiger partial charge in [-0.25, -0.2) is 14.8 Å². The Hall–Kier alpha value is -5.63. The number of ether oxygens (including phenoxy) is 1. The lowest BCUT2D eigenvalue weighted by atomic mass is 9.94. The number of aliphatic hydroxyl groups excluding tert-OH is 2. The quantitative estimate of drug-likeness (QED) is 0.122. The van der Waals surface area contributed by atoms with Gasteiger partial charge in [0.2, 0.25) is 0 Å². The van der Waals surface area contributed by atoms with E-state index >= 15 is 0 Å². The number of carbonyl (C=O) groups excluding carboxylic acids is 1. The van der Waals surface area contributed by atoms with Crippen molar-refractivity contribution < 1.29 is 29.6 Å². The van der Waals surface area contributed by atoms with Crippen LogP contribution in [0.15, 0.2) is 85.1 Å². The van der Waals surface area contributed by atoms with Crippen molar-refractivity contribution in [3.8, 4) is 16.9 Å². The Morgan fingerprint density at radius 2 is 1.75 bits per heavy atom. The molecule has 6 aromatic rings. The number of aliphatic hydroxyl groups is 2. The fraction of sp³-hybridized carbons (Fsp3) is 0.256. The number of hydrogen-bond donors (Lipinski definition) is 4. The third kappa shape index (κ3) is 6.98. The van der Waals surface area contributed by atoms with Gasteiger partial charge < -0.3 is 25.0 Å². The van der Waals surface area contributed by atoms with Crippen LogP contribution in [0.25, 0.3) is 21.3 Å². The Bertz CT molecular complexity index is 2250. The van der Waals surface area contributed by atoms with E-state index in [-0.39, 0.29) is 31.4 Å². The van der Waals surface area contributed by atoms with E-state index in [2.05, 4.69) is 20.4 Å². The van der Waals surface area contributed by atoms with Gasteiger partial charge in [-0.15, -0.1) is 0 Å². The van der Waals surface area contributed by atoms with Gasteiger partial charge in [-0.05, 0) is 60.9 Å². The standard InChI is InChI=1S/C39H38N6O6S/c1-24-29(18-40-45(24)19-26-8-3-5-12-32(26)51-23-39(2,21-46)22-47)27-14-15-34(42-35(27)37(49)50)44-17-16-25-9-7-10-28(30(25)20-44)36(48)43-38-41-31-11-4-6-13-33(31)52-38/h3-15,18,46-47H,16-17,19-23H2,1-2H3,(H,49,50)(H,41,43,48). The summed E-state index contributed by atoms with van der Waals surface area (Å²) >= 11 is 1.42. The molecule has 0 fully saturated rings. The van der Waals surface area contributed by atoms with Gasteiger partial charge in [0.25, 0.3) is 5.91 Å². The van der Waals surface area contributed by atoms with Crippen LogP contribution < -0.4 is 15.0 Å². The van der Waals surface area contributed by atoms with E-state index in [1.807, 2.05) is 78.6 Å². The summed E-state index contributed by atoms with van der Waals surface area (Å²) in [6, 6.07) is 24.5. The number of rotatable bonds is 12. The Morgan fingerprint density at radius 1 is 0.962 bits per heavy atom. The largest absolute Gasteiger partial charge is 0.492 e. The molecular formula is C39H38N6O6S. The molecule has 3 aromatic carbocycles. The lowest BCUT2D eigenvalue weighted by Gasteiger charge is -2.31. The number of aromatic nitrogens is 4. The number of aromatic carboxylic acids is 1. The van der Waals surface area contributed by atoms with Crippen molar-refractivity contribution in [1.82, 2.24) is 19.7 Å². The third-order valence-electron chi connectivity index (χ3n) is 9.46. The number of nitrogens with zero attached hydrogens (tertiary/aromatic N) is 5. The molecule has 0 bridgehead atoms. The number of anilines is 2. The van der Waals surface area contributed by atoms with Gasteiger partial charge in [0.1, 0.15) is 11.6 Å². The minimum atomic E-state index is -1.16. The van der Waals surface area contributed by atoms with E-state index in [1.54, 1.807) is 29.9 Å². The summed E-state index contributed by atoms with van der Waals surface area (Å²) in [5, 5.41) is 37.8. The smallest absolute Gasteiger partial charge is 0.355 e. The number of fused-ring (bicyclic) bond motifs is 2. The number of pyridine rings is 1. The number of thiazole rings is 1. The molecule has 12 nitrogen and oxygen atoms in total. The Balaban J connectivity index is 1.11. The summed E-state index contributed by atoms with van der Waals surface area (Å²) in [7, 11) is 0. The molecule has 0 atom stereocenters. The molecule has 0 aliphatic carbocycles. The second-order valence-electron chi connectivity index (χ2n) is 13.3. The molecule has 0 saturated heterocycles. The average molecular weight is 719 g/mol. The van der Waals surface area contributed by atoms with Crippen LogP contribution in [0.3, 0.4) is 0 Å². The minimum Gasteiger partial charge on any atom is -0.492 e. The van der Waals surface area contributed by atoms with E-state index in [0.29, 0.717) is 59.4 Å². The first-order valence-electron chi connectivity index (χ1n) is 16.9. The number of carbonyl (C=O) groups is 2. The summed E-state index contributed by atoms with van der Waals surface area (Å²) < 4.78 is 8.77. The van der Waals surface area contributed by atoms with Crippen molar-refractivity contribution in [2.75, 3.05) is 36.6 Å².